The lowest BCUT2D eigenvalue weighted by Gasteiger charge is -1.98. The molecule has 0 aliphatic carbocycles. The number of esters is 1. The average molecular weight is 176 g/mol. The van der Waals surface area contributed by atoms with Crippen molar-refractivity contribution in [3.63, 3.8) is 0 Å². The molecule has 0 spiro atoms. The molecule has 0 radical (unpaired) electrons. The van der Waals surface area contributed by atoms with E-state index in [0.29, 0.717) is 5.88 Å². The van der Waals surface area contributed by atoms with Gasteiger partial charge in [-0.2, -0.15) is 0 Å². The topological polar surface area (TPSA) is 43.6 Å². The van der Waals surface area contributed by atoms with Crippen LogP contribution in [0, 0.1) is 0 Å². The maximum absolute atomic E-state index is 10.7. The zero-order chi connectivity index (χ0) is 9.26. The van der Waals surface area contributed by atoms with E-state index in [4.69, 9.17) is 4.74 Å². The van der Waals surface area contributed by atoms with Crippen molar-refractivity contribution in [1.82, 2.24) is 9.38 Å². The molecule has 66 valence electrons. The first kappa shape index (κ1) is 7.79. The Labute approximate surface area is 74.8 Å². The first-order valence-electron chi connectivity index (χ1n) is 3.88. The van der Waals surface area contributed by atoms with Gasteiger partial charge in [0, 0.05) is 13.1 Å². The standard InChI is InChI=1S/C9H8N2O2/c1-7(12)13-9-6-10-8-4-2-3-5-11(8)9/h2-6H,1H3. The fraction of sp³-hybridized carbons (Fsp3) is 0.111. The third-order valence-electron chi connectivity index (χ3n) is 1.63. The van der Waals surface area contributed by atoms with E-state index < -0.39 is 0 Å². The molecule has 0 saturated carbocycles. The van der Waals surface area contributed by atoms with Crippen LogP contribution in [-0.2, 0) is 4.79 Å². The molecule has 13 heavy (non-hydrogen) atoms. The predicted octanol–water partition coefficient (Wildman–Crippen LogP) is 1.26. The Balaban J connectivity index is 2.51. The molecule has 2 aromatic heterocycles. The van der Waals surface area contributed by atoms with Crippen LogP contribution in [0.4, 0.5) is 0 Å². The number of aromatic nitrogens is 2. The molecule has 2 rings (SSSR count). The van der Waals surface area contributed by atoms with E-state index in [-0.39, 0.29) is 5.97 Å². The highest BCUT2D eigenvalue weighted by Crippen LogP contribution is 2.13. The first-order valence-corrected chi connectivity index (χ1v) is 3.88. The number of imidazole rings is 1. The monoisotopic (exact) mass is 176 g/mol. The van der Waals surface area contributed by atoms with Gasteiger partial charge in [-0.3, -0.25) is 9.20 Å². The van der Waals surface area contributed by atoms with Gasteiger partial charge in [0.25, 0.3) is 0 Å². The first-order chi connectivity index (χ1) is 6.27. The minimum atomic E-state index is -0.342. The van der Waals surface area contributed by atoms with Crippen molar-refractivity contribution < 1.29 is 9.53 Å². The Morgan fingerprint density at radius 1 is 1.54 bits per heavy atom. The molecular formula is C9H8N2O2. The maximum Gasteiger partial charge on any atom is 0.309 e. The number of ether oxygens (including phenoxy) is 1. The molecule has 0 atom stereocenters. The van der Waals surface area contributed by atoms with Gasteiger partial charge in [-0.15, -0.1) is 0 Å². The molecule has 2 aromatic rings. The summed E-state index contributed by atoms with van der Waals surface area (Å²) >= 11 is 0. The largest absolute Gasteiger partial charge is 0.407 e. The van der Waals surface area contributed by atoms with E-state index in [9.17, 15) is 4.79 Å². The number of nitrogens with zero attached hydrogens (tertiary/aromatic N) is 2. The summed E-state index contributed by atoms with van der Waals surface area (Å²) in [6, 6.07) is 5.56. The van der Waals surface area contributed by atoms with Gasteiger partial charge in [-0.25, -0.2) is 4.98 Å². The summed E-state index contributed by atoms with van der Waals surface area (Å²) < 4.78 is 6.64. The molecule has 0 fully saturated rings. The Bertz CT molecular complexity index is 448. The van der Waals surface area contributed by atoms with E-state index in [1.54, 1.807) is 10.6 Å². The van der Waals surface area contributed by atoms with Crippen LogP contribution in [-0.4, -0.2) is 15.4 Å². The summed E-state index contributed by atoms with van der Waals surface area (Å²) in [5.41, 5.74) is 0.763. The van der Waals surface area contributed by atoms with Crippen LogP contribution in [0.2, 0.25) is 0 Å². The molecule has 2 heterocycles. The van der Waals surface area contributed by atoms with Gasteiger partial charge in [0.2, 0.25) is 5.88 Å². The lowest BCUT2D eigenvalue weighted by atomic mass is 10.5. The van der Waals surface area contributed by atoms with Crippen molar-refractivity contribution >= 4 is 11.6 Å². The van der Waals surface area contributed by atoms with Crippen molar-refractivity contribution in [3.8, 4) is 5.88 Å². The smallest absolute Gasteiger partial charge is 0.309 e. The summed E-state index contributed by atoms with van der Waals surface area (Å²) in [7, 11) is 0. The number of carbonyl (C=O) groups is 1. The van der Waals surface area contributed by atoms with Crippen molar-refractivity contribution in [3.05, 3.63) is 30.6 Å². The van der Waals surface area contributed by atoms with E-state index in [0.717, 1.165) is 5.65 Å². The van der Waals surface area contributed by atoms with Gasteiger partial charge in [0.05, 0.1) is 6.20 Å². The number of hydrogen-bond donors (Lipinski definition) is 0. The number of fused-ring (bicyclic) bond motifs is 1. The number of pyridine rings is 1. The second-order valence-electron chi connectivity index (χ2n) is 2.62. The molecule has 0 unspecified atom stereocenters. The molecule has 4 nitrogen and oxygen atoms in total. The molecule has 0 saturated heterocycles. The highest BCUT2D eigenvalue weighted by molar-refractivity contribution is 5.69. The molecule has 0 N–H and O–H groups in total. The van der Waals surface area contributed by atoms with Crippen LogP contribution in [0.5, 0.6) is 5.88 Å². The Morgan fingerprint density at radius 2 is 2.38 bits per heavy atom. The zero-order valence-electron chi connectivity index (χ0n) is 7.10. The minimum absolute atomic E-state index is 0.342. The Kier molecular flexibility index (Phi) is 1.73. The summed E-state index contributed by atoms with van der Waals surface area (Å²) in [6.07, 6.45) is 3.32. The highest BCUT2D eigenvalue weighted by atomic mass is 16.5. The Hall–Kier alpha value is -1.84. The quantitative estimate of drug-likeness (QED) is 0.614. The fourth-order valence-electron chi connectivity index (χ4n) is 1.13. The molecule has 0 aromatic carbocycles. The van der Waals surface area contributed by atoms with Crippen LogP contribution in [0.3, 0.4) is 0 Å². The van der Waals surface area contributed by atoms with E-state index in [1.165, 1.54) is 13.1 Å². The SMILES string of the molecule is CC(=O)Oc1cnc2ccccn12. The minimum Gasteiger partial charge on any atom is -0.407 e. The van der Waals surface area contributed by atoms with Crippen molar-refractivity contribution in [1.29, 1.82) is 0 Å². The normalized spacial score (nSPS) is 10.2. The molecule has 0 aliphatic rings. The van der Waals surface area contributed by atoms with Crippen molar-refractivity contribution in [2.24, 2.45) is 0 Å². The van der Waals surface area contributed by atoms with E-state index >= 15 is 0 Å². The van der Waals surface area contributed by atoms with Crippen LogP contribution in [0.1, 0.15) is 6.92 Å². The Morgan fingerprint density at radius 3 is 3.15 bits per heavy atom. The molecule has 0 aliphatic heterocycles. The molecule has 0 bridgehead atoms. The van der Waals surface area contributed by atoms with Gasteiger partial charge in [0.15, 0.2) is 0 Å². The third kappa shape index (κ3) is 1.38. The van der Waals surface area contributed by atoms with Crippen LogP contribution in [0.25, 0.3) is 5.65 Å². The average Bonchev–Trinajstić information content (AvgIpc) is 2.48. The number of hydrogen-bond acceptors (Lipinski definition) is 3. The van der Waals surface area contributed by atoms with Crippen LogP contribution < -0.4 is 4.74 Å². The van der Waals surface area contributed by atoms with E-state index in [1.807, 2.05) is 18.2 Å². The third-order valence-corrected chi connectivity index (χ3v) is 1.63. The van der Waals surface area contributed by atoms with Gasteiger partial charge >= 0.3 is 5.97 Å². The van der Waals surface area contributed by atoms with Gasteiger partial charge in [0.1, 0.15) is 5.65 Å². The van der Waals surface area contributed by atoms with Crippen LogP contribution in [0.15, 0.2) is 30.6 Å². The van der Waals surface area contributed by atoms with Gasteiger partial charge in [-0.1, -0.05) is 6.07 Å². The van der Waals surface area contributed by atoms with Crippen molar-refractivity contribution in [2.45, 2.75) is 6.92 Å². The van der Waals surface area contributed by atoms with Gasteiger partial charge in [-0.05, 0) is 12.1 Å². The molecular weight excluding hydrogens is 168 g/mol. The lowest BCUT2D eigenvalue weighted by Crippen LogP contribution is -2.03. The van der Waals surface area contributed by atoms with Gasteiger partial charge < -0.3 is 4.74 Å². The molecule has 4 heteroatoms. The second kappa shape index (κ2) is 2.90. The summed E-state index contributed by atoms with van der Waals surface area (Å²) in [6.45, 7) is 1.36. The lowest BCUT2D eigenvalue weighted by molar-refractivity contribution is -0.132. The predicted molar refractivity (Wildman–Crippen MR) is 46.5 cm³/mol. The molecule has 0 amide bonds. The number of rotatable bonds is 1. The summed E-state index contributed by atoms with van der Waals surface area (Å²) in [5, 5.41) is 0. The highest BCUT2D eigenvalue weighted by Gasteiger charge is 2.04. The summed E-state index contributed by atoms with van der Waals surface area (Å²) in [5.74, 6) is 0.105. The summed E-state index contributed by atoms with van der Waals surface area (Å²) in [4.78, 5) is 14.7. The number of carbonyl (C=O) groups excluding carboxylic acids is 1. The fourth-order valence-corrected chi connectivity index (χ4v) is 1.13. The maximum atomic E-state index is 10.7. The zero-order valence-corrected chi connectivity index (χ0v) is 7.10. The van der Waals surface area contributed by atoms with Crippen molar-refractivity contribution in [2.75, 3.05) is 0 Å². The van der Waals surface area contributed by atoms with E-state index in [2.05, 4.69) is 4.98 Å². The second-order valence-corrected chi connectivity index (χ2v) is 2.62. The van der Waals surface area contributed by atoms with Crippen LogP contribution >= 0.6 is 0 Å².